The van der Waals surface area contributed by atoms with Gasteiger partial charge in [0.05, 0.1) is 13.2 Å². The number of nitrogens with two attached hydrogens (primary N) is 2. The van der Waals surface area contributed by atoms with Crippen molar-refractivity contribution in [2.45, 2.75) is 25.8 Å². The van der Waals surface area contributed by atoms with E-state index in [1.54, 1.807) is 11.1 Å². The maximum atomic E-state index is 12.8. The molecule has 1 aliphatic rings. The summed E-state index contributed by atoms with van der Waals surface area (Å²) in [5.74, 6) is 6.51. The molecular formula is C25H30ClN5O3. The summed E-state index contributed by atoms with van der Waals surface area (Å²) in [5.41, 5.74) is 9.47. The van der Waals surface area contributed by atoms with Gasteiger partial charge in [-0.15, -0.1) is 0 Å². The van der Waals surface area contributed by atoms with Crippen molar-refractivity contribution in [1.29, 1.82) is 0 Å². The summed E-state index contributed by atoms with van der Waals surface area (Å²) in [7, 11) is 0. The highest BCUT2D eigenvalue weighted by Crippen LogP contribution is 2.39. The minimum Gasteiger partial charge on any atom is -0.494 e. The molecule has 0 bridgehead atoms. The first-order valence-electron chi connectivity index (χ1n) is 11.4. The van der Waals surface area contributed by atoms with E-state index in [1.165, 1.54) is 16.8 Å². The maximum Gasteiger partial charge on any atom is 0.410 e. The molecule has 3 aromatic rings. The number of ether oxygens (including phenoxy) is 2. The SMILES string of the molecule is CCOC(=O)N1CCc2c([nH]c3ccc(Cl)cc23)C1c1ccc(OCCCN(N)/C=C\N)cc1. The molecule has 8 nitrogen and oxygen atoms in total. The Morgan fingerprint density at radius 2 is 2.09 bits per heavy atom. The molecule has 180 valence electrons. The molecule has 9 heteroatoms. The van der Waals surface area contributed by atoms with Crippen molar-refractivity contribution in [1.82, 2.24) is 14.9 Å². The van der Waals surface area contributed by atoms with Gasteiger partial charge in [-0.25, -0.2) is 10.6 Å². The Labute approximate surface area is 204 Å². The van der Waals surface area contributed by atoms with Crippen LogP contribution in [-0.4, -0.2) is 47.3 Å². The number of carbonyl (C=O) groups excluding carboxylic acids is 1. The van der Waals surface area contributed by atoms with E-state index in [-0.39, 0.29) is 12.1 Å². The molecule has 0 saturated heterocycles. The predicted molar refractivity (Wildman–Crippen MR) is 133 cm³/mol. The van der Waals surface area contributed by atoms with Crippen LogP contribution in [0.5, 0.6) is 5.75 Å². The average molecular weight is 484 g/mol. The van der Waals surface area contributed by atoms with Crippen LogP contribution in [-0.2, 0) is 11.2 Å². The van der Waals surface area contributed by atoms with Gasteiger partial charge < -0.3 is 25.2 Å². The number of aromatic nitrogens is 1. The summed E-state index contributed by atoms with van der Waals surface area (Å²) < 4.78 is 11.2. The Balaban J connectivity index is 1.57. The standard InChI is InChI=1S/C25H30ClN5O3/c1-2-33-25(32)31-13-10-20-21-16-18(26)6-9-22(21)29-23(20)24(31)17-4-7-19(8-5-17)34-15-3-12-30(28)14-11-27/h4-9,11,14,16,24,29H,2-3,10,12-13,15,27-28H2,1H3/b14-11-. The maximum absolute atomic E-state index is 12.8. The Morgan fingerprint density at radius 3 is 2.82 bits per heavy atom. The van der Waals surface area contributed by atoms with Gasteiger partial charge >= 0.3 is 6.09 Å². The molecule has 1 aliphatic heterocycles. The van der Waals surface area contributed by atoms with Gasteiger partial charge in [0.15, 0.2) is 0 Å². The van der Waals surface area contributed by atoms with Crippen molar-refractivity contribution in [3.8, 4) is 5.75 Å². The van der Waals surface area contributed by atoms with E-state index in [9.17, 15) is 4.79 Å². The van der Waals surface area contributed by atoms with Gasteiger partial charge in [-0.3, -0.25) is 4.90 Å². The number of hydrazine groups is 1. The quantitative estimate of drug-likeness (QED) is 0.250. The molecule has 1 atom stereocenters. The third-order valence-corrected chi connectivity index (χ3v) is 6.13. The van der Waals surface area contributed by atoms with Crippen molar-refractivity contribution in [3.05, 3.63) is 76.7 Å². The average Bonchev–Trinajstić information content (AvgIpc) is 3.20. The number of amides is 1. The number of fused-ring (bicyclic) bond motifs is 3. The zero-order valence-corrected chi connectivity index (χ0v) is 19.9. The topological polar surface area (TPSA) is 110 Å². The van der Waals surface area contributed by atoms with Crippen LogP contribution in [0.2, 0.25) is 5.02 Å². The molecule has 2 aromatic carbocycles. The Kier molecular flexibility index (Phi) is 7.49. The normalized spacial score (nSPS) is 15.5. The highest BCUT2D eigenvalue weighted by Gasteiger charge is 2.35. The van der Waals surface area contributed by atoms with Gasteiger partial charge in [0, 0.05) is 53.5 Å². The molecule has 1 amide bonds. The lowest BCUT2D eigenvalue weighted by atomic mass is 9.92. The molecular weight excluding hydrogens is 454 g/mol. The Hall–Kier alpha value is -3.36. The van der Waals surface area contributed by atoms with Crippen molar-refractivity contribution >= 4 is 28.6 Å². The first kappa shape index (κ1) is 23.8. The zero-order valence-electron chi connectivity index (χ0n) is 19.2. The Bertz CT molecular complexity index is 1160. The summed E-state index contributed by atoms with van der Waals surface area (Å²) in [5, 5.41) is 3.30. The summed E-state index contributed by atoms with van der Waals surface area (Å²) in [6.07, 6.45) is 4.16. The molecule has 0 fully saturated rings. The number of hydrogen-bond donors (Lipinski definition) is 3. The molecule has 0 aliphatic carbocycles. The highest BCUT2D eigenvalue weighted by molar-refractivity contribution is 6.31. The minimum atomic E-state index is -0.326. The number of rotatable bonds is 8. The van der Waals surface area contributed by atoms with Crippen molar-refractivity contribution in [2.75, 3.05) is 26.3 Å². The van der Waals surface area contributed by atoms with Crippen LogP contribution in [0.15, 0.2) is 54.9 Å². The molecule has 2 heterocycles. The molecule has 34 heavy (non-hydrogen) atoms. The van der Waals surface area contributed by atoms with E-state index in [0.717, 1.165) is 40.8 Å². The number of nitrogens with zero attached hydrogens (tertiary/aromatic N) is 2. The first-order chi connectivity index (χ1) is 16.5. The third kappa shape index (κ3) is 5.08. The van der Waals surface area contributed by atoms with Gasteiger partial charge in [-0.1, -0.05) is 23.7 Å². The second-order valence-electron chi connectivity index (χ2n) is 8.10. The van der Waals surface area contributed by atoms with E-state index >= 15 is 0 Å². The van der Waals surface area contributed by atoms with Gasteiger partial charge in [-0.2, -0.15) is 0 Å². The summed E-state index contributed by atoms with van der Waals surface area (Å²) in [6, 6.07) is 13.4. The number of benzene rings is 2. The predicted octanol–water partition coefficient (Wildman–Crippen LogP) is 4.30. The highest BCUT2D eigenvalue weighted by atomic mass is 35.5. The summed E-state index contributed by atoms with van der Waals surface area (Å²) >= 11 is 6.26. The molecule has 0 radical (unpaired) electrons. The second kappa shape index (κ2) is 10.7. The number of hydrogen-bond acceptors (Lipinski definition) is 6. The Morgan fingerprint density at radius 1 is 1.29 bits per heavy atom. The fraction of sp³-hybridized carbons (Fsp3) is 0.320. The lowest BCUT2D eigenvalue weighted by Gasteiger charge is -2.35. The van der Waals surface area contributed by atoms with E-state index in [4.69, 9.17) is 32.7 Å². The van der Waals surface area contributed by atoms with Crippen molar-refractivity contribution in [2.24, 2.45) is 11.6 Å². The van der Waals surface area contributed by atoms with Gasteiger partial charge in [0.25, 0.3) is 0 Å². The monoisotopic (exact) mass is 483 g/mol. The van der Waals surface area contributed by atoms with Gasteiger partial charge in [0.2, 0.25) is 0 Å². The van der Waals surface area contributed by atoms with Crippen molar-refractivity contribution in [3.63, 3.8) is 0 Å². The van der Waals surface area contributed by atoms with Crippen LogP contribution in [0.4, 0.5) is 4.79 Å². The minimum absolute atomic E-state index is 0.295. The molecule has 0 spiro atoms. The van der Waals surface area contributed by atoms with E-state index in [2.05, 4.69) is 4.98 Å². The lowest BCUT2D eigenvalue weighted by molar-refractivity contribution is 0.0932. The number of aromatic amines is 1. The number of nitrogens with one attached hydrogen (secondary N) is 1. The van der Waals surface area contributed by atoms with Gasteiger partial charge in [0.1, 0.15) is 11.8 Å². The summed E-state index contributed by atoms with van der Waals surface area (Å²) in [6.45, 7) is 3.86. The fourth-order valence-corrected chi connectivity index (χ4v) is 4.55. The van der Waals surface area contributed by atoms with Crippen LogP contribution >= 0.6 is 11.6 Å². The number of halogens is 1. The van der Waals surface area contributed by atoms with Crippen LogP contribution in [0.3, 0.4) is 0 Å². The molecule has 1 aromatic heterocycles. The van der Waals surface area contributed by atoms with Crippen molar-refractivity contribution < 1.29 is 14.3 Å². The number of H-pyrrole nitrogens is 1. The van der Waals surface area contributed by atoms with Crippen LogP contribution < -0.4 is 16.3 Å². The van der Waals surface area contributed by atoms with Crippen LogP contribution in [0.1, 0.15) is 36.2 Å². The first-order valence-corrected chi connectivity index (χ1v) is 11.8. The zero-order chi connectivity index (χ0) is 24.1. The van der Waals surface area contributed by atoms with Gasteiger partial charge in [-0.05, 0) is 54.8 Å². The van der Waals surface area contributed by atoms with Crippen LogP contribution in [0.25, 0.3) is 10.9 Å². The lowest BCUT2D eigenvalue weighted by Crippen LogP contribution is -2.40. The molecule has 1 unspecified atom stereocenters. The van der Waals surface area contributed by atoms with Crippen LogP contribution in [0, 0.1) is 0 Å². The van der Waals surface area contributed by atoms with E-state index < -0.39 is 0 Å². The number of carbonyl (C=O) groups is 1. The smallest absolute Gasteiger partial charge is 0.410 e. The fourth-order valence-electron chi connectivity index (χ4n) is 4.38. The molecule has 5 N–H and O–H groups in total. The molecule has 0 saturated carbocycles. The van der Waals surface area contributed by atoms with E-state index in [1.807, 2.05) is 49.4 Å². The third-order valence-electron chi connectivity index (χ3n) is 5.89. The largest absolute Gasteiger partial charge is 0.494 e. The summed E-state index contributed by atoms with van der Waals surface area (Å²) in [4.78, 5) is 18.1. The second-order valence-corrected chi connectivity index (χ2v) is 8.54. The van der Waals surface area contributed by atoms with E-state index in [0.29, 0.717) is 31.3 Å². The molecule has 4 rings (SSSR count).